The van der Waals surface area contributed by atoms with Crippen LogP contribution in [0.25, 0.3) is 0 Å². The lowest BCUT2D eigenvalue weighted by Gasteiger charge is -2.33. The van der Waals surface area contributed by atoms with Crippen molar-refractivity contribution in [1.82, 2.24) is 20.4 Å². The number of nitrogens with one attached hydrogen (secondary N) is 2. The summed E-state index contributed by atoms with van der Waals surface area (Å²) in [6.45, 7) is 2.41. The van der Waals surface area contributed by atoms with Crippen LogP contribution in [-0.4, -0.2) is 73.5 Å². The van der Waals surface area contributed by atoms with Crippen LogP contribution < -0.4 is 15.4 Å². The molecule has 0 aliphatic carbocycles. The van der Waals surface area contributed by atoms with Crippen LogP contribution in [0.15, 0.2) is 24.3 Å². The number of carbonyl (C=O) groups excluding carboxylic acids is 2. The Labute approximate surface area is 172 Å². The maximum atomic E-state index is 12.9. The lowest BCUT2D eigenvalue weighted by atomic mass is 10.0. The van der Waals surface area contributed by atoms with Crippen LogP contribution in [0.1, 0.15) is 24.8 Å². The number of ether oxygens (including phenoxy) is 1. The highest BCUT2D eigenvalue weighted by Crippen LogP contribution is 2.28. The summed E-state index contributed by atoms with van der Waals surface area (Å²) in [6.07, 6.45) is 7.21. The van der Waals surface area contributed by atoms with E-state index in [9.17, 15) is 9.59 Å². The number of nitrogens with zero attached hydrogens (tertiary/aromatic N) is 2. The molecule has 29 heavy (non-hydrogen) atoms. The summed E-state index contributed by atoms with van der Waals surface area (Å²) in [6, 6.07) is 8.08. The Bertz CT molecular complexity index is 758. The first-order valence-electron chi connectivity index (χ1n) is 10.1. The van der Waals surface area contributed by atoms with Crippen LogP contribution in [0.5, 0.6) is 5.75 Å². The third-order valence-corrected chi connectivity index (χ3v) is 5.99. The van der Waals surface area contributed by atoms with Gasteiger partial charge in [0.05, 0.1) is 13.7 Å². The summed E-state index contributed by atoms with van der Waals surface area (Å²) in [5, 5.41) is 5.79. The number of carbonyl (C=O) groups is 2. The van der Waals surface area contributed by atoms with E-state index in [4.69, 9.17) is 11.2 Å². The fourth-order valence-electron chi connectivity index (χ4n) is 4.33. The lowest BCUT2D eigenvalue weighted by molar-refractivity contribution is -0.126. The second kappa shape index (κ2) is 9.77. The molecule has 2 saturated heterocycles. The average Bonchev–Trinajstić information content (AvgIpc) is 3.10. The molecule has 2 aliphatic rings. The number of likely N-dealkylation sites (tertiary alicyclic amines) is 1. The Balaban J connectivity index is 1.63. The summed E-state index contributed by atoms with van der Waals surface area (Å²) in [5.41, 5.74) is 1.16. The van der Waals surface area contributed by atoms with E-state index in [-0.39, 0.29) is 36.5 Å². The molecule has 2 N–H and O–H groups in total. The van der Waals surface area contributed by atoms with Gasteiger partial charge in [-0.15, -0.1) is 6.42 Å². The van der Waals surface area contributed by atoms with Gasteiger partial charge in [-0.05, 0) is 37.6 Å². The summed E-state index contributed by atoms with van der Waals surface area (Å²) >= 11 is 0. The molecule has 3 rings (SSSR count). The van der Waals surface area contributed by atoms with Gasteiger partial charge in [-0.2, -0.15) is 0 Å². The van der Waals surface area contributed by atoms with Gasteiger partial charge in [-0.1, -0.05) is 18.1 Å². The van der Waals surface area contributed by atoms with Crippen LogP contribution in [-0.2, 0) is 16.1 Å². The molecular weight excluding hydrogens is 368 g/mol. The minimum Gasteiger partial charge on any atom is -0.497 e. The minimum atomic E-state index is -0.178. The van der Waals surface area contributed by atoms with E-state index in [1.807, 2.05) is 24.3 Å². The molecule has 0 saturated carbocycles. The summed E-state index contributed by atoms with van der Waals surface area (Å²) < 4.78 is 5.22. The molecule has 1 aromatic carbocycles. The van der Waals surface area contributed by atoms with Crippen molar-refractivity contribution in [2.75, 3.05) is 33.8 Å². The number of terminal acetylenes is 1. The zero-order valence-electron chi connectivity index (χ0n) is 17.2. The second-order valence-electron chi connectivity index (χ2n) is 7.70. The van der Waals surface area contributed by atoms with Gasteiger partial charge in [0.15, 0.2) is 0 Å². The Kier molecular flexibility index (Phi) is 7.13. The Hall–Kier alpha value is -2.56. The molecule has 3 atom stereocenters. The molecule has 0 bridgehead atoms. The third kappa shape index (κ3) is 5.08. The maximum absolute atomic E-state index is 12.9. The van der Waals surface area contributed by atoms with E-state index >= 15 is 0 Å². The van der Waals surface area contributed by atoms with Gasteiger partial charge in [0.25, 0.3) is 0 Å². The van der Waals surface area contributed by atoms with Crippen LogP contribution in [0, 0.1) is 12.3 Å². The van der Waals surface area contributed by atoms with Gasteiger partial charge in [0, 0.05) is 38.1 Å². The molecule has 0 radical (unpaired) electrons. The van der Waals surface area contributed by atoms with Crippen molar-refractivity contribution in [2.24, 2.45) is 0 Å². The molecule has 0 unspecified atom stereocenters. The Morgan fingerprint density at radius 3 is 2.83 bits per heavy atom. The lowest BCUT2D eigenvalue weighted by Crippen LogP contribution is -2.49. The van der Waals surface area contributed by atoms with Gasteiger partial charge in [-0.3, -0.25) is 19.4 Å². The first-order chi connectivity index (χ1) is 14.0. The molecular formula is C22H30N4O3. The molecule has 0 aromatic heterocycles. The second-order valence-corrected chi connectivity index (χ2v) is 7.70. The van der Waals surface area contributed by atoms with Crippen molar-refractivity contribution >= 4 is 11.8 Å². The van der Waals surface area contributed by atoms with Gasteiger partial charge in [-0.25, -0.2) is 0 Å². The van der Waals surface area contributed by atoms with Crippen LogP contribution in [0.3, 0.4) is 0 Å². The van der Waals surface area contributed by atoms with Gasteiger partial charge in [0.2, 0.25) is 11.8 Å². The molecule has 2 fully saturated rings. The van der Waals surface area contributed by atoms with E-state index < -0.39 is 0 Å². The molecule has 7 heteroatoms. The van der Waals surface area contributed by atoms with Gasteiger partial charge < -0.3 is 15.4 Å². The third-order valence-electron chi connectivity index (χ3n) is 5.99. The largest absolute Gasteiger partial charge is 0.497 e. The number of rotatable bonds is 7. The Morgan fingerprint density at radius 2 is 2.14 bits per heavy atom. The monoisotopic (exact) mass is 398 g/mol. The van der Waals surface area contributed by atoms with Crippen molar-refractivity contribution in [3.8, 4) is 18.1 Å². The smallest absolute Gasteiger partial charge is 0.239 e. The maximum Gasteiger partial charge on any atom is 0.239 e. The van der Waals surface area contributed by atoms with Crippen molar-refractivity contribution in [1.29, 1.82) is 0 Å². The van der Waals surface area contributed by atoms with E-state index in [2.05, 4.69) is 33.4 Å². The topological polar surface area (TPSA) is 73.9 Å². The highest BCUT2D eigenvalue weighted by Gasteiger charge is 2.44. The van der Waals surface area contributed by atoms with E-state index in [1.165, 1.54) is 0 Å². The quantitative estimate of drug-likeness (QED) is 0.658. The molecule has 1 aromatic rings. The number of amides is 2. The van der Waals surface area contributed by atoms with Crippen LogP contribution in [0.4, 0.5) is 0 Å². The zero-order chi connectivity index (χ0) is 20.8. The fraction of sp³-hybridized carbons (Fsp3) is 0.545. The zero-order valence-corrected chi connectivity index (χ0v) is 17.2. The number of methoxy groups -OCH3 is 1. The number of benzene rings is 1. The summed E-state index contributed by atoms with van der Waals surface area (Å²) in [5.74, 6) is 3.27. The number of hydrogen-bond acceptors (Lipinski definition) is 5. The summed E-state index contributed by atoms with van der Waals surface area (Å²) in [4.78, 5) is 29.3. The highest BCUT2D eigenvalue weighted by atomic mass is 16.5. The fourth-order valence-corrected chi connectivity index (χ4v) is 4.33. The molecule has 0 spiro atoms. The highest BCUT2D eigenvalue weighted by molar-refractivity contribution is 5.83. The van der Waals surface area contributed by atoms with Crippen molar-refractivity contribution < 1.29 is 14.3 Å². The van der Waals surface area contributed by atoms with Crippen molar-refractivity contribution in [2.45, 2.75) is 43.9 Å². The molecule has 7 nitrogen and oxygen atoms in total. The molecule has 2 amide bonds. The number of fused-ring (bicyclic) bond motifs is 1. The number of hydrogen-bond donors (Lipinski definition) is 2. The van der Waals surface area contributed by atoms with Crippen molar-refractivity contribution in [3.05, 3.63) is 29.8 Å². The normalized spacial score (nSPS) is 24.9. The number of likely N-dealkylation sites (N-methyl/N-ethyl adjacent to an activating group) is 1. The van der Waals surface area contributed by atoms with E-state index in [0.717, 1.165) is 30.8 Å². The van der Waals surface area contributed by atoms with E-state index in [1.54, 1.807) is 7.11 Å². The summed E-state index contributed by atoms with van der Waals surface area (Å²) in [7, 11) is 3.72. The predicted molar refractivity (Wildman–Crippen MR) is 111 cm³/mol. The van der Waals surface area contributed by atoms with Crippen LogP contribution in [0.2, 0.25) is 0 Å². The molecule has 2 heterocycles. The average molecular weight is 399 g/mol. The van der Waals surface area contributed by atoms with Gasteiger partial charge >= 0.3 is 0 Å². The Morgan fingerprint density at radius 1 is 1.38 bits per heavy atom. The first kappa shape index (κ1) is 21.2. The standard InChI is InChI=1S/C22H30N4O3/c1-4-12-23-20(27)10-7-17-14-24-22(28)21-19(25(17)2)11-13-26(21)15-16-5-8-18(29-3)9-6-16/h1,5-6,8-9,17,19,21H,7,10-15H2,2-3H3,(H,23,27)(H,24,28)/t17-,19+,21-/m0/s1. The molecule has 2 aliphatic heterocycles. The molecule has 156 valence electrons. The SMILES string of the molecule is C#CCNC(=O)CC[C@H]1CNC(=O)[C@@H]2[C@@H](CCN2Cc2ccc(OC)cc2)N1C. The van der Waals surface area contributed by atoms with Crippen LogP contribution >= 0.6 is 0 Å². The van der Waals surface area contributed by atoms with E-state index in [0.29, 0.717) is 19.4 Å². The predicted octanol–water partition coefficient (Wildman–Crippen LogP) is 0.598. The first-order valence-corrected chi connectivity index (χ1v) is 10.1. The minimum absolute atomic E-state index is 0.0453. The van der Waals surface area contributed by atoms with Gasteiger partial charge in [0.1, 0.15) is 11.8 Å². The van der Waals surface area contributed by atoms with Crippen molar-refractivity contribution in [3.63, 3.8) is 0 Å².